The fourth-order valence-electron chi connectivity index (χ4n) is 2.87. The maximum absolute atomic E-state index is 4.29. The topological polar surface area (TPSA) is 29.9 Å². The van der Waals surface area contributed by atoms with Crippen molar-refractivity contribution >= 4 is 0 Å². The monoisotopic (exact) mass is 269 g/mol. The number of hydrogen-bond acceptors (Lipinski definition) is 2. The number of rotatable bonds is 4. The van der Waals surface area contributed by atoms with Crippen molar-refractivity contribution in [2.24, 2.45) is 7.05 Å². The molecule has 1 saturated carbocycles. The predicted octanol–water partition coefficient (Wildman–Crippen LogP) is 3.07. The molecule has 3 rings (SSSR count). The lowest BCUT2D eigenvalue weighted by atomic mass is 9.75. The maximum atomic E-state index is 4.29. The van der Waals surface area contributed by atoms with Crippen molar-refractivity contribution in [3.8, 4) is 0 Å². The van der Waals surface area contributed by atoms with E-state index in [2.05, 4.69) is 48.5 Å². The van der Waals surface area contributed by atoms with Gasteiger partial charge in [0.2, 0.25) is 0 Å². The molecule has 20 heavy (non-hydrogen) atoms. The van der Waals surface area contributed by atoms with E-state index in [4.69, 9.17) is 0 Å². The molecule has 1 heterocycles. The molecule has 1 aromatic carbocycles. The highest BCUT2D eigenvalue weighted by Crippen LogP contribution is 2.37. The van der Waals surface area contributed by atoms with E-state index >= 15 is 0 Å². The van der Waals surface area contributed by atoms with Crippen molar-refractivity contribution in [1.29, 1.82) is 0 Å². The van der Waals surface area contributed by atoms with Gasteiger partial charge in [-0.2, -0.15) is 5.10 Å². The molecular weight excluding hydrogens is 246 g/mol. The number of nitrogens with one attached hydrogen (secondary N) is 1. The van der Waals surface area contributed by atoms with Crippen LogP contribution in [0.4, 0.5) is 0 Å². The first-order valence-electron chi connectivity index (χ1n) is 7.41. The Morgan fingerprint density at radius 1 is 1.20 bits per heavy atom. The number of aryl methyl sites for hydroxylation is 2. The van der Waals surface area contributed by atoms with Crippen molar-refractivity contribution < 1.29 is 0 Å². The average molecular weight is 269 g/mol. The highest BCUT2D eigenvalue weighted by Gasteiger charge is 2.29. The summed E-state index contributed by atoms with van der Waals surface area (Å²) < 4.78 is 1.94. The summed E-state index contributed by atoms with van der Waals surface area (Å²) in [5, 5.41) is 7.93. The van der Waals surface area contributed by atoms with Crippen molar-refractivity contribution in [3.63, 3.8) is 0 Å². The Balaban J connectivity index is 1.49. The molecule has 0 spiro atoms. The van der Waals surface area contributed by atoms with E-state index in [1.807, 2.05) is 17.9 Å². The summed E-state index contributed by atoms with van der Waals surface area (Å²) in [6, 6.07) is 9.65. The van der Waals surface area contributed by atoms with Crippen LogP contribution in [0.2, 0.25) is 0 Å². The molecule has 1 N–H and O–H groups in total. The summed E-state index contributed by atoms with van der Waals surface area (Å²) in [6.45, 7) is 5.20. The van der Waals surface area contributed by atoms with Crippen molar-refractivity contribution in [2.75, 3.05) is 0 Å². The van der Waals surface area contributed by atoms with Gasteiger partial charge in [-0.1, -0.05) is 29.8 Å². The lowest BCUT2D eigenvalue weighted by molar-refractivity contribution is 0.289. The van der Waals surface area contributed by atoms with Gasteiger partial charge in [0, 0.05) is 30.9 Å². The number of hydrogen-bond donors (Lipinski definition) is 1. The molecule has 0 bridgehead atoms. The maximum Gasteiger partial charge on any atom is 0.0537 e. The normalized spacial score (nSPS) is 21.8. The van der Waals surface area contributed by atoms with Crippen LogP contribution in [0.1, 0.15) is 41.1 Å². The fraction of sp³-hybridized carbons (Fsp3) is 0.471. The molecule has 1 aliphatic rings. The Bertz CT molecular complexity index is 577. The van der Waals surface area contributed by atoms with Gasteiger partial charge in [-0.3, -0.25) is 4.68 Å². The molecule has 1 aliphatic carbocycles. The molecule has 0 atom stereocenters. The molecule has 1 fully saturated rings. The van der Waals surface area contributed by atoms with Crippen LogP contribution in [0.25, 0.3) is 0 Å². The lowest BCUT2D eigenvalue weighted by Crippen LogP contribution is -2.39. The van der Waals surface area contributed by atoms with Crippen LogP contribution in [-0.4, -0.2) is 15.8 Å². The third-order valence-corrected chi connectivity index (χ3v) is 4.60. The Hall–Kier alpha value is -1.61. The van der Waals surface area contributed by atoms with E-state index in [-0.39, 0.29) is 0 Å². The molecule has 0 aliphatic heterocycles. The zero-order chi connectivity index (χ0) is 14.1. The van der Waals surface area contributed by atoms with Crippen molar-refractivity contribution in [2.45, 2.75) is 45.2 Å². The summed E-state index contributed by atoms with van der Waals surface area (Å²) in [7, 11) is 2.00. The van der Waals surface area contributed by atoms with Crippen LogP contribution in [-0.2, 0) is 13.6 Å². The molecule has 2 aromatic rings. The van der Waals surface area contributed by atoms with Crippen LogP contribution in [0.3, 0.4) is 0 Å². The van der Waals surface area contributed by atoms with Gasteiger partial charge in [0.1, 0.15) is 0 Å². The van der Waals surface area contributed by atoms with Gasteiger partial charge in [-0.15, -0.1) is 0 Å². The van der Waals surface area contributed by atoms with Gasteiger partial charge in [0.25, 0.3) is 0 Å². The third kappa shape index (κ3) is 2.63. The molecule has 0 unspecified atom stereocenters. The van der Waals surface area contributed by atoms with Gasteiger partial charge in [0.05, 0.1) is 6.20 Å². The van der Waals surface area contributed by atoms with E-state index in [9.17, 15) is 0 Å². The standard InChI is InChI=1S/C17H23N3/c1-12-4-6-14(7-5-12)15-8-17(9-15)18-10-16-11-19-20(3)13(16)2/h4-7,11,15,17-18H,8-10H2,1-3H3. The second-order valence-corrected chi connectivity index (χ2v) is 6.04. The smallest absolute Gasteiger partial charge is 0.0537 e. The van der Waals surface area contributed by atoms with E-state index in [1.165, 1.54) is 35.2 Å². The first kappa shape index (κ1) is 13.4. The quantitative estimate of drug-likeness (QED) is 0.924. The molecule has 0 saturated heterocycles. The fourth-order valence-corrected chi connectivity index (χ4v) is 2.87. The summed E-state index contributed by atoms with van der Waals surface area (Å²) >= 11 is 0. The van der Waals surface area contributed by atoms with Gasteiger partial charge in [0.15, 0.2) is 0 Å². The zero-order valence-electron chi connectivity index (χ0n) is 12.6. The van der Waals surface area contributed by atoms with E-state index < -0.39 is 0 Å². The third-order valence-electron chi connectivity index (χ3n) is 4.60. The molecule has 106 valence electrons. The predicted molar refractivity (Wildman–Crippen MR) is 81.7 cm³/mol. The number of benzene rings is 1. The van der Waals surface area contributed by atoms with Crippen LogP contribution < -0.4 is 5.32 Å². The minimum Gasteiger partial charge on any atom is -0.310 e. The van der Waals surface area contributed by atoms with Crippen LogP contribution in [0.15, 0.2) is 30.5 Å². The molecular formula is C17H23N3. The van der Waals surface area contributed by atoms with Crippen LogP contribution in [0, 0.1) is 13.8 Å². The zero-order valence-corrected chi connectivity index (χ0v) is 12.6. The minimum absolute atomic E-state index is 0.654. The summed E-state index contributed by atoms with van der Waals surface area (Å²) in [4.78, 5) is 0. The largest absolute Gasteiger partial charge is 0.310 e. The van der Waals surface area contributed by atoms with Crippen LogP contribution in [0.5, 0.6) is 0 Å². The summed E-state index contributed by atoms with van der Waals surface area (Å²) in [5.41, 5.74) is 5.40. The molecule has 3 heteroatoms. The van der Waals surface area contributed by atoms with Gasteiger partial charge in [-0.05, 0) is 38.2 Å². The first-order chi connectivity index (χ1) is 9.63. The Morgan fingerprint density at radius 2 is 1.90 bits per heavy atom. The average Bonchev–Trinajstić information content (AvgIpc) is 2.71. The second-order valence-electron chi connectivity index (χ2n) is 6.04. The molecule has 0 radical (unpaired) electrons. The first-order valence-corrected chi connectivity index (χ1v) is 7.41. The van der Waals surface area contributed by atoms with E-state index in [0.29, 0.717) is 6.04 Å². The van der Waals surface area contributed by atoms with E-state index in [0.717, 1.165) is 12.5 Å². The van der Waals surface area contributed by atoms with Gasteiger partial charge in [-0.25, -0.2) is 0 Å². The van der Waals surface area contributed by atoms with Crippen molar-refractivity contribution in [3.05, 3.63) is 52.8 Å². The summed E-state index contributed by atoms with van der Waals surface area (Å²) in [6.07, 6.45) is 4.48. The SMILES string of the molecule is Cc1ccc(C2CC(NCc3cnn(C)c3C)C2)cc1. The highest BCUT2D eigenvalue weighted by atomic mass is 15.3. The highest BCUT2D eigenvalue weighted by molar-refractivity contribution is 5.27. The second kappa shape index (κ2) is 5.41. The summed E-state index contributed by atoms with van der Waals surface area (Å²) in [5.74, 6) is 0.739. The Labute approximate surface area is 121 Å². The Morgan fingerprint density at radius 3 is 2.50 bits per heavy atom. The lowest BCUT2D eigenvalue weighted by Gasteiger charge is -2.36. The molecule has 0 amide bonds. The Kier molecular flexibility index (Phi) is 3.62. The van der Waals surface area contributed by atoms with Gasteiger partial charge < -0.3 is 5.32 Å². The van der Waals surface area contributed by atoms with Crippen LogP contribution >= 0.6 is 0 Å². The van der Waals surface area contributed by atoms with E-state index in [1.54, 1.807) is 0 Å². The van der Waals surface area contributed by atoms with Gasteiger partial charge >= 0.3 is 0 Å². The van der Waals surface area contributed by atoms with Crippen molar-refractivity contribution in [1.82, 2.24) is 15.1 Å². The number of nitrogens with zero attached hydrogens (tertiary/aromatic N) is 2. The minimum atomic E-state index is 0.654. The molecule has 1 aromatic heterocycles. The number of aromatic nitrogens is 2. The molecule has 3 nitrogen and oxygen atoms in total.